The van der Waals surface area contributed by atoms with Crippen LogP contribution in [0.2, 0.25) is 0 Å². The van der Waals surface area contributed by atoms with Crippen LogP contribution >= 0.6 is 0 Å². The molecule has 0 atom stereocenters. The van der Waals surface area contributed by atoms with Gasteiger partial charge in [0.1, 0.15) is 0 Å². The number of nitrogens with one attached hydrogen (secondary N) is 1. The Hall–Kier alpha value is -2.53. The standard InChI is InChI=1S/C20H26N4O/c1-22(2)18-10-8-17(9-11-18)21-20(25)16-23-12-14-24(15-13-23)19-6-4-3-5-7-19/h3-11H,12-16H2,1-2H3,(H,21,25). The molecule has 1 heterocycles. The summed E-state index contributed by atoms with van der Waals surface area (Å²) < 4.78 is 0. The molecule has 0 spiro atoms. The van der Waals surface area contributed by atoms with Gasteiger partial charge in [-0.25, -0.2) is 0 Å². The van der Waals surface area contributed by atoms with Crippen LogP contribution in [0, 0.1) is 0 Å². The molecule has 25 heavy (non-hydrogen) atoms. The third-order valence-electron chi connectivity index (χ3n) is 4.53. The topological polar surface area (TPSA) is 38.8 Å². The van der Waals surface area contributed by atoms with Crippen LogP contribution in [0.25, 0.3) is 0 Å². The summed E-state index contributed by atoms with van der Waals surface area (Å²) in [6.07, 6.45) is 0. The first-order chi connectivity index (χ1) is 12.1. The Morgan fingerprint density at radius 1 is 0.960 bits per heavy atom. The maximum atomic E-state index is 12.3. The van der Waals surface area contributed by atoms with Crippen molar-refractivity contribution in [1.82, 2.24) is 4.90 Å². The zero-order valence-corrected chi connectivity index (χ0v) is 15.0. The minimum absolute atomic E-state index is 0.0470. The summed E-state index contributed by atoms with van der Waals surface area (Å²) in [4.78, 5) is 18.9. The highest BCUT2D eigenvalue weighted by Gasteiger charge is 2.19. The highest BCUT2D eigenvalue weighted by Crippen LogP contribution is 2.17. The Bertz CT molecular complexity index is 677. The largest absolute Gasteiger partial charge is 0.378 e. The molecular weight excluding hydrogens is 312 g/mol. The normalized spacial score (nSPS) is 15.0. The molecular formula is C20H26N4O. The van der Waals surface area contributed by atoms with Gasteiger partial charge in [-0.3, -0.25) is 9.69 Å². The molecule has 1 amide bonds. The molecule has 0 radical (unpaired) electrons. The first-order valence-corrected chi connectivity index (χ1v) is 8.71. The lowest BCUT2D eigenvalue weighted by Gasteiger charge is -2.35. The smallest absolute Gasteiger partial charge is 0.238 e. The molecule has 1 aliphatic heterocycles. The van der Waals surface area contributed by atoms with Crippen molar-refractivity contribution < 1.29 is 4.79 Å². The summed E-state index contributed by atoms with van der Waals surface area (Å²) in [5.41, 5.74) is 3.22. The average molecular weight is 338 g/mol. The summed E-state index contributed by atoms with van der Waals surface area (Å²) in [6, 6.07) is 18.4. The van der Waals surface area contributed by atoms with Gasteiger partial charge in [-0.15, -0.1) is 0 Å². The van der Waals surface area contributed by atoms with E-state index in [4.69, 9.17) is 0 Å². The van der Waals surface area contributed by atoms with Crippen LogP contribution in [0.4, 0.5) is 17.1 Å². The van der Waals surface area contributed by atoms with E-state index in [1.807, 2.05) is 49.3 Å². The molecule has 0 aromatic heterocycles. The number of carbonyl (C=O) groups excluding carboxylic acids is 1. The van der Waals surface area contributed by atoms with Crippen LogP contribution in [0.1, 0.15) is 0 Å². The second-order valence-electron chi connectivity index (χ2n) is 6.59. The van der Waals surface area contributed by atoms with Crippen molar-refractivity contribution in [3.05, 3.63) is 54.6 Å². The van der Waals surface area contributed by atoms with Crippen LogP contribution in [0.3, 0.4) is 0 Å². The van der Waals surface area contributed by atoms with Gasteiger partial charge in [0.15, 0.2) is 0 Å². The Labute approximate surface area is 149 Å². The molecule has 1 saturated heterocycles. The minimum Gasteiger partial charge on any atom is -0.378 e. The number of hydrogen-bond donors (Lipinski definition) is 1. The van der Waals surface area contributed by atoms with Gasteiger partial charge in [-0.1, -0.05) is 18.2 Å². The number of benzene rings is 2. The average Bonchev–Trinajstić information content (AvgIpc) is 2.63. The number of nitrogens with zero attached hydrogens (tertiary/aromatic N) is 3. The molecule has 0 aliphatic carbocycles. The molecule has 5 nitrogen and oxygen atoms in total. The monoisotopic (exact) mass is 338 g/mol. The van der Waals surface area contributed by atoms with Crippen molar-refractivity contribution in [2.75, 3.05) is 61.9 Å². The van der Waals surface area contributed by atoms with Gasteiger partial charge in [-0.2, -0.15) is 0 Å². The van der Waals surface area contributed by atoms with E-state index < -0.39 is 0 Å². The van der Waals surface area contributed by atoms with Crippen molar-refractivity contribution >= 4 is 23.0 Å². The Balaban J connectivity index is 1.46. The van der Waals surface area contributed by atoms with Crippen LogP contribution in [-0.2, 0) is 4.79 Å². The maximum absolute atomic E-state index is 12.3. The number of anilines is 3. The van der Waals surface area contributed by atoms with Gasteiger partial charge in [0.2, 0.25) is 5.91 Å². The van der Waals surface area contributed by atoms with Gasteiger partial charge >= 0.3 is 0 Å². The third kappa shape index (κ3) is 4.73. The fourth-order valence-corrected chi connectivity index (χ4v) is 3.05. The van der Waals surface area contributed by atoms with Gasteiger partial charge in [0, 0.05) is 57.3 Å². The fourth-order valence-electron chi connectivity index (χ4n) is 3.05. The lowest BCUT2D eigenvalue weighted by atomic mass is 10.2. The number of hydrogen-bond acceptors (Lipinski definition) is 4. The van der Waals surface area contributed by atoms with Crippen molar-refractivity contribution in [1.29, 1.82) is 0 Å². The van der Waals surface area contributed by atoms with Gasteiger partial charge in [-0.05, 0) is 36.4 Å². The second kappa shape index (κ2) is 8.03. The van der Waals surface area contributed by atoms with Crippen molar-refractivity contribution in [2.24, 2.45) is 0 Å². The number of rotatable bonds is 5. The summed E-state index contributed by atoms with van der Waals surface area (Å²) >= 11 is 0. The highest BCUT2D eigenvalue weighted by molar-refractivity contribution is 5.92. The molecule has 5 heteroatoms. The molecule has 2 aromatic carbocycles. The Morgan fingerprint density at radius 3 is 2.20 bits per heavy atom. The van der Waals surface area contributed by atoms with Gasteiger partial charge < -0.3 is 15.1 Å². The quantitative estimate of drug-likeness (QED) is 0.909. The SMILES string of the molecule is CN(C)c1ccc(NC(=O)CN2CCN(c3ccccc3)CC2)cc1. The van der Waals surface area contributed by atoms with Crippen LogP contribution in [-0.4, -0.2) is 57.6 Å². The van der Waals surface area contributed by atoms with Crippen LogP contribution in [0.15, 0.2) is 54.6 Å². The van der Waals surface area contributed by atoms with Gasteiger partial charge in [0.25, 0.3) is 0 Å². The summed E-state index contributed by atoms with van der Waals surface area (Å²) in [7, 11) is 4.01. The van der Waals surface area contributed by atoms with E-state index in [2.05, 4.69) is 39.4 Å². The van der Waals surface area contributed by atoms with Crippen molar-refractivity contribution in [3.8, 4) is 0 Å². The van der Waals surface area contributed by atoms with E-state index in [1.54, 1.807) is 0 Å². The predicted molar refractivity (Wildman–Crippen MR) is 104 cm³/mol. The molecule has 1 N–H and O–H groups in total. The van der Waals surface area contributed by atoms with Crippen LogP contribution < -0.4 is 15.1 Å². The number of para-hydroxylation sites is 1. The Morgan fingerprint density at radius 2 is 1.60 bits per heavy atom. The minimum atomic E-state index is 0.0470. The second-order valence-corrected chi connectivity index (χ2v) is 6.59. The van der Waals surface area contributed by atoms with Crippen molar-refractivity contribution in [3.63, 3.8) is 0 Å². The predicted octanol–water partition coefficient (Wildman–Crippen LogP) is 2.51. The first-order valence-electron chi connectivity index (χ1n) is 8.71. The van der Waals surface area contributed by atoms with Crippen LogP contribution in [0.5, 0.6) is 0 Å². The molecule has 0 unspecified atom stereocenters. The van der Waals surface area contributed by atoms with E-state index in [9.17, 15) is 4.79 Å². The maximum Gasteiger partial charge on any atom is 0.238 e. The molecule has 132 valence electrons. The third-order valence-corrected chi connectivity index (χ3v) is 4.53. The molecule has 3 rings (SSSR count). The van der Waals surface area contributed by atoms with E-state index in [-0.39, 0.29) is 5.91 Å². The molecule has 1 aliphatic rings. The van der Waals surface area contributed by atoms with E-state index >= 15 is 0 Å². The van der Waals surface area contributed by atoms with E-state index in [1.165, 1.54) is 5.69 Å². The number of amides is 1. The summed E-state index contributed by atoms with van der Waals surface area (Å²) in [6.45, 7) is 4.16. The molecule has 0 bridgehead atoms. The van der Waals surface area contributed by atoms with E-state index in [0.717, 1.165) is 37.6 Å². The Kier molecular flexibility index (Phi) is 5.56. The number of piperazine rings is 1. The van der Waals surface area contributed by atoms with Gasteiger partial charge in [0.05, 0.1) is 6.54 Å². The highest BCUT2D eigenvalue weighted by atomic mass is 16.2. The number of carbonyl (C=O) groups is 1. The zero-order chi connectivity index (χ0) is 17.6. The van der Waals surface area contributed by atoms with E-state index in [0.29, 0.717) is 6.54 Å². The summed E-state index contributed by atoms with van der Waals surface area (Å²) in [5.74, 6) is 0.0470. The fraction of sp³-hybridized carbons (Fsp3) is 0.350. The first kappa shape index (κ1) is 17.3. The zero-order valence-electron chi connectivity index (χ0n) is 15.0. The van der Waals surface area contributed by atoms with Crippen molar-refractivity contribution in [2.45, 2.75) is 0 Å². The molecule has 1 fully saturated rings. The lowest BCUT2D eigenvalue weighted by molar-refractivity contribution is -0.117. The lowest BCUT2D eigenvalue weighted by Crippen LogP contribution is -2.48. The molecule has 2 aromatic rings. The molecule has 0 saturated carbocycles. The summed E-state index contributed by atoms with van der Waals surface area (Å²) in [5, 5.41) is 2.99.